The van der Waals surface area contributed by atoms with E-state index in [4.69, 9.17) is 0 Å². The van der Waals surface area contributed by atoms with Gasteiger partial charge in [-0.3, -0.25) is 4.79 Å². The van der Waals surface area contributed by atoms with Gasteiger partial charge in [-0.15, -0.1) is 0 Å². The van der Waals surface area contributed by atoms with E-state index in [9.17, 15) is 14.0 Å². The first-order valence-corrected chi connectivity index (χ1v) is 4.69. The van der Waals surface area contributed by atoms with Crippen LogP contribution in [0.5, 0.6) is 0 Å². The summed E-state index contributed by atoms with van der Waals surface area (Å²) in [6.07, 6.45) is 1.39. The summed E-state index contributed by atoms with van der Waals surface area (Å²) in [4.78, 5) is 23.9. The van der Waals surface area contributed by atoms with E-state index in [2.05, 4.69) is 10.3 Å². The quantitative estimate of drug-likeness (QED) is 0.616. The Morgan fingerprint density at radius 3 is 2.88 bits per heavy atom. The van der Waals surface area contributed by atoms with E-state index in [1.165, 1.54) is 19.1 Å². The highest BCUT2D eigenvalue weighted by Crippen LogP contribution is 2.11. The first-order chi connectivity index (χ1) is 7.63. The van der Waals surface area contributed by atoms with Crippen molar-refractivity contribution in [2.75, 3.05) is 0 Å². The number of amides is 1. The molecule has 84 valence electrons. The normalized spacial score (nSPS) is 9.38. The van der Waals surface area contributed by atoms with Gasteiger partial charge in [-0.1, -0.05) is 12.1 Å². The maximum absolute atomic E-state index is 13.4. The highest BCUT2D eigenvalue weighted by molar-refractivity contribution is 5.72. The second kappa shape index (κ2) is 5.78. The van der Waals surface area contributed by atoms with Crippen molar-refractivity contribution in [2.45, 2.75) is 20.0 Å². The third kappa shape index (κ3) is 3.63. The SMILES string of the molecule is CC(=O)NCc1ccc(CN=C=O)cc1F. The highest BCUT2D eigenvalue weighted by Gasteiger charge is 2.03. The van der Waals surface area contributed by atoms with Gasteiger partial charge in [-0.05, 0) is 11.6 Å². The molecule has 0 bridgehead atoms. The summed E-state index contributed by atoms with van der Waals surface area (Å²) in [5.74, 6) is -0.638. The predicted molar refractivity (Wildman–Crippen MR) is 55.7 cm³/mol. The standard InChI is InChI=1S/C11H11FN2O2/c1-8(16)14-6-10-3-2-9(4-11(10)12)5-13-7-15/h2-4H,5-6H2,1H3,(H,14,16). The molecule has 0 aliphatic carbocycles. The number of isocyanates is 1. The van der Waals surface area contributed by atoms with Gasteiger partial charge >= 0.3 is 0 Å². The lowest BCUT2D eigenvalue weighted by atomic mass is 10.1. The third-order valence-corrected chi connectivity index (χ3v) is 1.97. The maximum Gasteiger partial charge on any atom is 0.235 e. The molecule has 1 rings (SSSR count). The molecule has 0 unspecified atom stereocenters. The Labute approximate surface area is 92.2 Å². The zero-order chi connectivity index (χ0) is 12.0. The van der Waals surface area contributed by atoms with Crippen LogP contribution in [0.1, 0.15) is 18.1 Å². The number of halogens is 1. The third-order valence-electron chi connectivity index (χ3n) is 1.97. The van der Waals surface area contributed by atoms with Crippen LogP contribution in [0.25, 0.3) is 0 Å². The molecule has 1 amide bonds. The number of hydrogen-bond donors (Lipinski definition) is 1. The number of rotatable bonds is 4. The van der Waals surface area contributed by atoms with E-state index in [0.717, 1.165) is 0 Å². The molecule has 0 aromatic heterocycles. The molecule has 1 aromatic rings. The van der Waals surface area contributed by atoms with Gasteiger partial charge in [0.25, 0.3) is 0 Å². The van der Waals surface area contributed by atoms with Crippen LogP contribution in [-0.4, -0.2) is 12.0 Å². The summed E-state index contributed by atoms with van der Waals surface area (Å²) in [6, 6.07) is 4.50. The average Bonchev–Trinajstić information content (AvgIpc) is 2.24. The largest absolute Gasteiger partial charge is 0.352 e. The minimum absolute atomic E-state index is 0.112. The Hall–Kier alpha value is -2.00. The summed E-state index contributed by atoms with van der Waals surface area (Å²) in [6.45, 7) is 1.63. The minimum atomic E-state index is -0.424. The fraction of sp³-hybridized carbons (Fsp3) is 0.273. The maximum atomic E-state index is 13.4. The molecule has 0 aliphatic rings. The highest BCUT2D eigenvalue weighted by atomic mass is 19.1. The van der Waals surface area contributed by atoms with E-state index < -0.39 is 5.82 Å². The van der Waals surface area contributed by atoms with E-state index in [-0.39, 0.29) is 19.0 Å². The number of aliphatic imine (C=N–C) groups is 1. The zero-order valence-electron chi connectivity index (χ0n) is 8.79. The van der Waals surface area contributed by atoms with Crippen LogP contribution in [-0.2, 0) is 22.7 Å². The molecule has 0 atom stereocenters. The first-order valence-electron chi connectivity index (χ1n) is 4.69. The van der Waals surface area contributed by atoms with Crippen LogP contribution >= 0.6 is 0 Å². The number of benzene rings is 1. The number of hydrogen-bond acceptors (Lipinski definition) is 3. The Bertz CT molecular complexity index is 440. The van der Waals surface area contributed by atoms with E-state index in [0.29, 0.717) is 11.1 Å². The zero-order valence-corrected chi connectivity index (χ0v) is 8.79. The van der Waals surface area contributed by atoms with E-state index in [1.807, 2.05) is 0 Å². The van der Waals surface area contributed by atoms with Crippen molar-refractivity contribution >= 4 is 12.0 Å². The van der Waals surface area contributed by atoms with Crippen LogP contribution in [0.3, 0.4) is 0 Å². The second-order valence-electron chi connectivity index (χ2n) is 3.24. The van der Waals surface area contributed by atoms with Crippen molar-refractivity contribution in [1.29, 1.82) is 0 Å². The van der Waals surface area contributed by atoms with Gasteiger partial charge in [0.05, 0.1) is 6.54 Å². The molecule has 1 aromatic carbocycles. The van der Waals surface area contributed by atoms with Crippen molar-refractivity contribution in [3.63, 3.8) is 0 Å². The fourth-order valence-electron chi connectivity index (χ4n) is 1.18. The van der Waals surface area contributed by atoms with Gasteiger partial charge in [0.2, 0.25) is 12.0 Å². The molecule has 0 saturated heterocycles. The molecule has 16 heavy (non-hydrogen) atoms. The lowest BCUT2D eigenvalue weighted by Gasteiger charge is -2.05. The molecule has 0 aliphatic heterocycles. The topological polar surface area (TPSA) is 58.5 Å². The van der Waals surface area contributed by atoms with Gasteiger partial charge in [-0.25, -0.2) is 14.2 Å². The molecule has 1 N–H and O–H groups in total. The molecule has 0 fully saturated rings. The van der Waals surface area contributed by atoms with Gasteiger partial charge in [0.15, 0.2) is 0 Å². The first kappa shape index (κ1) is 12.1. The van der Waals surface area contributed by atoms with Crippen molar-refractivity contribution in [1.82, 2.24) is 5.32 Å². The summed E-state index contributed by atoms with van der Waals surface area (Å²) in [5.41, 5.74) is 0.987. The molecule has 0 radical (unpaired) electrons. The van der Waals surface area contributed by atoms with E-state index >= 15 is 0 Å². The van der Waals surface area contributed by atoms with Gasteiger partial charge in [0.1, 0.15) is 5.82 Å². The lowest BCUT2D eigenvalue weighted by molar-refractivity contribution is -0.119. The van der Waals surface area contributed by atoms with Crippen molar-refractivity contribution in [3.8, 4) is 0 Å². The van der Waals surface area contributed by atoms with E-state index in [1.54, 1.807) is 12.1 Å². The molecule has 0 heterocycles. The summed E-state index contributed by atoms with van der Waals surface area (Å²) < 4.78 is 13.4. The summed E-state index contributed by atoms with van der Waals surface area (Å²) >= 11 is 0. The van der Waals surface area contributed by atoms with Gasteiger partial charge < -0.3 is 5.32 Å². The molecule has 0 saturated carbocycles. The van der Waals surface area contributed by atoms with Gasteiger partial charge in [-0.2, -0.15) is 0 Å². The van der Waals surface area contributed by atoms with Crippen LogP contribution in [0.2, 0.25) is 0 Å². The monoisotopic (exact) mass is 222 g/mol. The van der Waals surface area contributed by atoms with Crippen LogP contribution in [0.4, 0.5) is 4.39 Å². The summed E-state index contributed by atoms with van der Waals surface area (Å²) in [5, 5.41) is 2.50. The van der Waals surface area contributed by atoms with Crippen molar-refractivity contribution < 1.29 is 14.0 Å². The average molecular weight is 222 g/mol. The minimum Gasteiger partial charge on any atom is -0.352 e. The van der Waals surface area contributed by atoms with Gasteiger partial charge in [0, 0.05) is 19.0 Å². The molecule has 4 nitrogen and oxygen atoms in total. The summed E-state index contributed by atoms with van der Waals surface area (Å²) in [7, 11) is 0. The number of nitrogens with one attached hydrogen (secondary N) is 1. The molecular formula is C11H11FN2O2. The van der Waals surface area contributed by atoms with Crippen LogP contribution in [0, 0.1) is 5.82 Å². The predicted octanol–water partition coefficient (Wildman–Crippen LogP) is 1.30. The smallest absolute Gasteiger partial charge is 0.235 e. The second-order valence-corrected chi connectivity index (χ2v) is 3.24. The fourth-order valence-corrected chi connectivity index (χ4v) is 1.18. The lowest BCUT2D eigenvalue weighted by Crippen LogP contribution is -2.19. The molecule has 0 spiro atoms. The van der Waals surface area contributed by atoms with Crippen LogP contribution in [0.15, 0.2) is 23.2 Å². The Morgan fingerprint density at radius 2 is 2.31 bits per heavy atom. The molecular weight excluding hydrogens is 211 g/mol. The van der Waals surface area contributed by atoms with Crippen molar-refractivity contribution in [2.24, 2.45) is 4.99 Å². The Balaban J connectivity index is 2.74. The number of carbonyl (C=O) groups is 1. The molecule has 5 heteroatoms. The number of nitrogens with zero attached hydrogens (tertiary/aromatic N) is 1. The van der Waals surface area contributed by atoms with Crippen LogP contribution < -0.4 is 5.32 Å². The number of carbonyl (C=O) groups excluding carboxylic acids is 2. The Morgan fingerprint density at radius 1 is 1.56 bits per heavy atom. The Kier molecular flexibility index (Phi) is 4.36. The van der Waals surface area contributed by atoms with Crippen molar-refractivity contribution in [3.05, 3.63) is 35.1 Å².